The summed E-state index contributed by atoms with van der Waals surface area (Å²) < 4.78 is 0. The van der Waals surface area contributed by atoms with E-state index in [-0.39, 0.29) is 11.8 Å². The highest BCUT2D eigenvalue weighted by molar-refractivity contribution is 5.75. The van der Waals surface area contributed by atoms with Gasteiger partial charge < -0.3 is 10.5 Å². The summed E-state index contributed by atoms with van der Waals surface area (Å²) in [5.41, 5.74) is 7.14. The second-order valence-electron chi connectivity index (χ2n) is 3.69. The molecule has 2 nitrogen and oxygen atoms in total. The van der Waals surface area contributed by atoms with Crippen molar-refractivity contribution in [3.05, 3.63) is 35.9 Å². The molecule has 0 radical (unpaired) electrons. The van der Waals surface area contributed by atoms with E-state index < -0.39 is 0 Å². The van der Waals surface area contributed by atoms with E-state index in [9.17, 15) is 4.79 Å². The first kappa shape index (κ1) is 10.9. The van der Waals surface area contributed by atoms with Gasteiger partial charge in [0.1, 0.15) is 5.78 Å². The average Bonchev–Trinajstić information content (AvgIpc) is 2.16. The molecule has 0 bridgehead atoms. The number of ketones is 1. The summed E-state index contributed by atoms with van der Waals surface area (Å²) in [7, 11) is 0. The van der Waals surface area contributed by atoms with Crippen LogP contribution >= 0.6 is 0 Å². The summed E-state index contributed by atoms with van der Waals surface area (Å²) >= 11 is 0. The van der Waals surface area contributed by atoms with E-state index in [1.807, 2.05) is 18.2 Å². The maximum atomic E-state index is 10.7. The zero-order valence-electron chi connectivity index (χ0n) is 8.57. The Labute approximate surface area is 85.1 Å². The van der Waals surface area contributed by atoms with Crippen molar-refractivity contribution in [3.63, 3.8) is 0 Å². The number of carbonyl (C=O) groups excluding carboxylic acids is 1. The molecule has 0 spiro atoms. The van der Waals surface area contributed by atoms with Gasteiger partial charge in [0, 0.05) is 12.5 Å². The first-order chi connectivity index (χ1) is 6.68. The summed E-state index contributed by atoms with van der Waals surface area (Å²) in [6.45, 7) is 1.61. The van der Waals surface area contributed by atoms with Crippen LogP contribution in [0.15, 0.2) is 30.3 Å². The van der Waals surface area contributed by atoms with Crippen LogP contribution in [-0.4, -0.2) is 11.8 Å². The fourth-order valence-corrected chi connectivity index (χ4v) is 1.41. The zero-order valence-corrected chi connectivity index (χ0v) is 8.57. The average molecular weight is 191 g/mol. The number of Topliss-reactive ketones (excluding diaryl/α,β-unsaturated/α-hetero) is 1. The van der Waals surface area contributed by atoms with Gasteiger partial charge >= 0.3 is 0 Å². The van der Waals surface area contributed by atoms with Crippen molar-refractivity contribution in [1.82, 2.24) is 0 Å². The largest absolute Gasteiger partial charge is 0.327 e. The fraction of sp³-hybridized carbons (Fsp3) is 0.417. The number of hydrogen-bond acceptors (Lipinski definition) is 2. The van der Waals surface area contributed by atoms with Crippen molar-refractivity contribution < 1.29 is 4.79 Å². The monoisotopic (exact) mass is 191 g/mol. The number of nitrogens with two attached hydrogens (primary N) is 1. The predicted octanol–water partition coefficient (Wildman–Crippen LogP) is 1.93. The van der Waals surface area contributed by atoms with Gasteiger partial charge in [-0.15, -0.1) is 0 Å². The molecule has 1 aromatic carbocycles. The van der Waals surface area contributed by atoms with E-state index in [0.717, 1.165) is 12.8 Å². The lowest BCUT2D eigenvalue weighted by atomic mass is 10.0. The molecule has 2 N–H and O–H groups in total. The molecule has 1 atom stereocenters. The van der Waals surface area contributed by atoms with Crippen LogP contribution in [0.4, 0.5) is 0 Å². The summed E-state index contributed by atoms with van der Waals surface area (Å²) in [5, 5.41) is 0. The molecule has 76 valence electrons. The van der Waals surface area contributed by atoms with Crippen LogP contribution in [0.1, 0.15) is 25.3 Å². The maximum absolute atomic E-state index is 10.7. The van der Waals surface area contributed by atoms with Gasteiger partial charge in [0.25, 0.3) is 0 Å². The van der Waals surface area contributed by atoms with Gasteiger partial charge in [-0.25, -0.2) is 0 Å². The van der Waals surface area contributed by atoms with Gasteiger partial charge in [-0.1, -0.05) is 30.3 Å². The normalized spacial score (nSPS) is 12.4. The minimum absolute atomic E-state index is 0.0984. The van der Waals surface area contributed by atoms with Crippen molar-refractivity contribution in [3.8, 4) is 0 Å². The van der Waals surface area contributed by atoms with Gasteiger partial charge in [0.2, 0.25) is 0 Å². The van der Waals surface area contributed by atoms with Crippen LogP contribution in [-0.2, 0) is 11.2 Å². The molecule has 0 heterocycles. The van der Waals surface area contributed by atoms with Gasteiger partial charge in [0.05, 0.1) is 0 Å². The van der Waals surface area contributed by atoms with Crippen molar-refractivity contribution in [1.29, 1.82) is 0 Å². The summed E-state index contributed by atoms with van der Waals surface area (Å²) in [6, 6.07) is 10.2. The molecule has 0 fully saturated rings. The van der Waals surface area contributed by atoms with E-state index in [2.05, 4.69) is 12.1 Å². The molecule has 0 amide bonds. The molecular weight excluding hydrogens is 174 g/mol. The molecule has 0 aliphatic rings. The molecule has 1 aromatic rings. The molecule has 0 saturated carbocycles. The zero-order chi connectivity index (χ0) is 10.4. The quantitative estimate of drug-likeness (QED) is 0.772. The Balaban J connectivity index is 2.34. The molecule has 0 aliphatic carbocycles. The number of hydrogen-bond donors (Lipinski definition) is 1. The molecule has 0 aromatic heterocycles. The van der Waals surface area contributed by atoms with Gasteiger partial charge in [-0.05, 0) is 25.3 Å². The highest BCUT2D eigenvalue weighted by Gasteiger charge is 2.04. The second kappa shape index (κ2) is 5.55. The molecule has 2 heteroatoms. The molecule has 0 unspecified atom stereocenters. The van der Waals surface area contributed by atoms with Crippen LogP contribution in [0.2, 0.25) is 0 Å². The van der Waals surface area contributed by atoms with Crippen molar-refractivity contribution in [2.45, 2.75) is 32.2 Å². The SMILES string of the molecule is CC(=O)CC[C@H](N)Cc1ccccc1. The Kier molecular flexibility index (Phi) is 4.33. The summed E-state index contributed by atoms with van der Waals surface area (Å²) in [5.74, 6) is 0.216. The number of benzene rings is 1. The first-order valence-electron chi connectivity index (χ1n) is 4.97. The standard InChI is InChI=1S/C12H17NO/c1-10(14)7-8-12(13)9-11-5-3-2-4-6-11/h2-6,12H,7-9,13H2,1H3/t12-/m0/s1. The summed E-state index contributed by atoms with van der Waals surface area (Å²) in [4.78, 5) is 10.7. The second-order valence-corrected chi connectivity index (χ2v) is 3.69. The first-order valence-corrected chi connectivity index (χ1v) is 4.97. The molecule has 1 rings (SSSR count). The Hall–Kier alpha value is -1.15. The highest BCUT2D eigenvalue weighted by Crippen LogP contribution is 2.05. The Bertz CT molecular complexity index is 282. The Morgan fingerprint density at radius 2 is 2.00 bits per heavy atom. The molecule has 14 heavy (non-hydrogen) atoms. The maximum Gasteiger partial charge on any atom is 0.129 e. The van der Waals surface area contributed by atoms with E-state index in [1.165, 1.54) is 5.56 Å². The van der Waals surface area contributed by atoms with Crippen LogP contribution < -0.4 is 5.73 Å². The number of rotatable bonds is 5. The third-order valence-electron chi connectivity index (χ3n) is 2.21. The third kappa shape index (κ3) is 4.19. The minimum Gasteiger partial charge on any atom is -0.327 e. The van der Waals surface area contributed by atoms with Crippen molar-refractivity contribution >= 4 is 5.78 Å². The molecular formula is C12H17NO. The lowest BCUT2D eigenvalue weighted by Crippen LogP contribution is -2.23. The van der Waals surface area contributed by atoms with Crippen LogP contribution in [0, 0.1) is 0 Å². The lowest BCUT2D eigenvalue weighted by molar-refractivity contribution is -0.117. The van der Waals surface area contributed by atoms with Gasteiger partial charge in [-0.2, -0.15) is 0 Å². The fourth-order valence-electron chi connectivity index (χ4n) is 1.41. The van der Waals surface area contributed by atoms with Crippen LogP contribution in [0.25, 0.3) is 0 Å². The predicted molar refractivity (Wildman–Crippen MR) is 58.0 cm³/mol. The highest BCUT2D eigenvalue weighted by atomic mass is 16.1. The number of carbonyl (C=O) groups is 1. The van der Waals surface area contributed by atoms with Crippen LogP contribution in [0.5, 0.6) is 0 Å². The molecule has 0 saturated heterocycles. The molecule has 0 aliphatic heterocycles. The van der Waals surface area contributed by atoms with E-state index in [1.54, 1.807) is 6.92 Å². The lowest BCUT2D eigenvalue weighted by Gasteiger charge is -2.09. The topological polar surface area (TPSA) is 43.1 Å². The van der Waals surface area contributed by atoms with Crippen molar-refractivity contribution in [2.24, 2.45) is 5.73 Å². The van der Waals surface area contributed by atoms with Gasteiger partial charge in [0.15, 0.2) is 0 Å². The van der Waals surface area contributed by atoms with Crippen LogP contribution in [0.3, 0.4) is 0 Å². The smallest absolute Gasteiger partial charge is 0.129 e. The van der Waals surface area contributed by atoms with Crippen molar-refractivity contribution in [2.75, 3.05) is 0 Å². The van der Waals surface area contributed by atoms with E-state index in [4.69, 9.17) is 5.73 Å². The van der Waals surface area contributed by atoms with E-state index >= 15 is 0 Å². The Morgan fingerprint density at radius 3 is 2.57 bits per heavy atom. The van der Waals surface area contributed by atoms with Gasteiger partial charge in [-0.3, -0.25) is 0 Å². The third-order valence-corrected chi connectivity index (χ3v) is 2.21. The minimum atomic E-state index is 0.0984. The Morgan fingerprint density at radius 1 is 1.36 bits per heavy atom. The van der Waals surface area contributed by atoms with E-state index in [0.29, 0.717) is 6.42 Å². The summed E-state index contributed by atoms with van der Waals surface area (Å²) in [6.07, 6.45) is 2.23.